The second kappa shape index (κ2) is 8.67. The Morgan fingerprint density at radius 2 is 1.90 bits per heavy atom. The summed E-state index contributed by atoms with van der Waals surface area (Å²) < 4.78 is 0. The normalized spacial score (nSPS) is 14.4. The highest BCUT2D eigenvalue weighted by Crippen LogP contribution is 2.23. The number of amides is 1. The van der Waals surface area contributed by atoms with E-state index >= 15 is 0 Å². The molecule has 0 spiro atoms. The molecular weight excluding hydrogens is 262 g/mol. The van der Waals surface area contributed by atoms with Crippen molar-refractivity contribution >= 4 is 17.3 Å². The van der Waals surface area contributed by atoms with Gasteiger partial charge in [0.25, 0.3) is 0 Å². The molecule has 0 bridgehead atoms. The van der Waals surface area contributed by atoms with Crippen LogP contribution in [0.5, 0.6) is 0 Å². The SMILES string of the molecule is NCCCCCCC(=O)Nc1cccc(N2CCCC2)c1. The molecule has 1 fully saturated rings. The monoisotopic (exact) mass is 289 g/mol. The lowest BCUT2D eigenvalue weighted by molar-refractivity contribution is -0.116. The van der Waals surface area contributed by atoms with Crippen LogP contribution in [0.1, 0.15) is 44.9 Å². The van der Waals surface area contributed by atoms with E-state index in [9.17, 15) is 4.79 Å². The summed E-state index contributed by atoms with van der Waals surface area (Å²) in [5, 5.41) is 3.01. The summed E-state index contributed by atoms with van der Waals surface area (Å²) in [6.07, 6.45) is 7.32. The number of anilines is 2. The van der Waals surface area contributed by atoms with Crippen LogP contribution in [0.2, 0.25) is 0 Å². The number of rotatable bonds is 8. The lowest BCUT2D eigenvalue weighted by Gasteiger charge is -2.18. The van der Waals surface area contributed by atoms with E-state index in [2.05, 4.69) is 22.3 Å². The molecule has 0 unspecified atom stereocenters. The molecular formula is C17H27N3O. The van der Waals surface area contributed by atoms with Gasteiger partial charge in [-0.05, 0) is 50.4 Å². The number of benzene rings is 1. The van der Waals surface area contributed by atoms with Gasteiger partial charge in [0.2, 0.25) is 5.91 Å². The van der Waals surface area contributed by atoms with Crippen molar-refractivity contribution in [3.05, 3.63) is 24.3 Å². The van der Waals surface area contributed by atoms with Gasteiger partial charge in [0.15, 0.2) is 0 Å². The van der Waals surface area contributed by atoms with Gasteiger partial charge in [-0.15, -0.1) is 0 Å². The lowest BCUT2D eigenvalue weighted by Crippen LogP contribution is -2.18. The van der Waals surface area contributed by atoms with Crippen LogP contribution in [0, 0.1) is 0 Å². The molecule has 1 aliphatic heterocycles. The molecule has 2 rings (SSSR count). The van der Waals surface area contributed by atoms with Crippen molar-refractivity contribution in [3.8, 4) is 0 Å². The maximum atomic E-state index is 11.9. The molecule has 0 atom stereocenters. The number of nitrogens with two attached hydrogens (primary N) is 1. The number of carbonyl (C=O) groups excluding carboxylic acids is 1. The number of carbonyl (C=O) groups is 1. The van der Waals surface area contributed by atoms with E-state index < -0.39 is 0 Å². The number of hydrogen-bond donors (Lipinski definition) is 2. The molecule has 0 radical (unpaired) electrons. The zero-order valence-corrected chi connectivity index (χ0v) is 12.8. The summed E-state index contributed by atoms with van der Waals surface area (Å²) in [6.45, 7) is 2.99. The summed E-state index contributed by atoms with van der Waals surface area (Å²) in [6, 6.07) is 8.18. The number of unbranched alkanes of at least 4 members (excludes halogenated alkanes) is 3. The maximum absolute atomic E-state index is 11.9. The van der Waals surface area contributed by atoms with Gasteiger partial charge in [-0.2, -0.15) is 0 Å². The van der Waals surface area contributed by atoms with E-state index in [4.69, 9.17) is 5.73 Å². The number of hydrogen-bond acceptors (Lipinski definition) is 3. The van der Waals surface area contributed by atoms with Gasteiger partial charge < -0.3 is 16.0 Å². The van der Waals surface area contributed by atoms with Gasteiger partial charge in [0.1, 0.15) is 0 Å². The van der Waals surface area contributed by atoms with Crippen LogP contribution in [0.4, 0.5) is 11.4 Å². The molecule has 1 amide bonds. The largest absolute Gasteiger partial charge is 0.371 e. The van der Waals surface area contributed by atoms with Crippen molar-refractivity contribution in [2.24, 2.45) is 5.73 Å². The molecule has 1 saturated heterocycles. The van der Waals surface area contributed by atoms with Crippen molar-refractivity contribution in [1.29, 1.82) is 0 Å². The van der Waals surface area contributed by atoms with Gasteiger partial charge >= 0.3 is 0 Å². The first kappa shape index (κ1) is 15.8. The fourth-order valence-corrected chi connectivity index (χ4v) is 2.76. The van der Waals surface area contributed by atoms with Crippen LogP contribution in [0.3, 0.4) is 0 Å². The number of nitrogens with one attached hydrogen (secondary N) is 1. The standard InChI is InChI=1S/C17H27N3O/c18-11-4-2-1-3-10-17(21)19-15-8-7-9-16(14-15)20-12-5-6-13-20/h7-9,14H,1-6,10-13,18H2,(H,19,21). The molecule has 1 aliphatic rings. The zero-order chi connectivity index (χ0) is 14.9. The smallest absolute Gasteiger partial charge is 0.224 e. The van der Waals surface area contributed by atoms with E-state index in [1.807, 2.05) is 12.1 Å². The maximum Gasteiger partial charge on any atom is 0.224 e. The molecule has 0 aromatic heterocycles. The van der Waals surface area contributed by atoms with E-state index in [0.29, 0.717) is 6.42 Å². The fourth-order valence-electron chi connectivity index (χ4n) is 2.76. The van der Waals surface area contributed by atoms with Gasteiger partial charge in [0.05, 0.1) is 0 Å². The highest BCUT2D eigenvalue weighted by Gasteiger charge is 2.12. The first-order valence-electron chi connectivity index (χ1n) is 8.14. The topological polar surface area (TPSA) is 58.4 Å². The molecule has 4 heteroatoms. The fraction of sp³-hybridized carbons (Fsp3) is 0.588. The minimum absolute atomic E-state index is 0.112. The molecule has 1 heterocycles. The second-order valence-corrected chi connectivity index (χ2v) is 5.75. The Labute approximate surface area is 127 Å². The van der Waals surface area contributed by atoms with Gasteiger partial charge in [-0.3, -0.25) is 4.79 Å². The first-order valence-corrected chi connectivity index (χ1v) is 8.14. The van der Waals surface area contributed by atoms with Crippen molar-refractivity contribution < 1.29 is 4.79 Å². The van der Waals surface area contributed by atoms with Crippen LogP contribution in [-0.4, -0.2) is 25.5 Å². The molecule has 21 heavy (non-hydrogen) atoms. The Kier molecular flexibility index (Phi) is 6.54. The Hall–Kier alpha value is -1.55. The van der Waals surface area contributed by atoms with Crippen LogP contribution in [0.15, 0.2) is 24.3 Å². The minimum Gasteiger partial charge on any atom is -0.371 e. The van der Waals surface area contributed by atoms with E-state index in [0.717, 1.165) is 51.0 Å². The van der Waals surface area contributed by atoms with Crippen molar-refractivity contribution in [3.63, 3.8) is 0 Å². The highest BCUT2D eigenvalue weighted by atomic mass is 16.1. The second-order valence-electron chi connectivity index (χ2n) is 5.75. The third kappa shape index (κ3) is 5.38. The van der Waals surface area contributed by atoms with Gasteiger partial charge in [-0.1, -0.05) is 18.9 Å². The van der Waals surface area contributed by atoms with E-state index in [1.165, 1.54) is 18.5 Å². The first-order chi connectivity index (χ1) is 10.3. The highest BCUT2D eigenvalue weighted by molar-refractivity contribution is 5.91. The molecule has 116 valence electrons. The van der Waals surface area contributed by atoms with Crippen LogP contribution < -0.4 is 16.0 Å². The summed E-state index contributed by atoms with van der Waals surface area (Å²) in [5.41, 5.74) is 7.58. The molecule has 0 saturated carbocycles. The Morgan fingerprint density at radius 1 is 1.14 bits per heavy atom. The molecule has 3 N–H and O–H groups in total. The van der Waals surface area contributed by atoms with Crippen molar-refractivity contribution in [1.82, 2.24) is 0 Å². The van der Waals surface area contributed by atoms with Gasteiger partial charge in [0, 0.05) is 30.9 Å². The predicted octanol–water partition coefficient (Wildman–Crippen LogP) is 3.13. The van der Waals surface area contributed by atoms with Crippen molar-refractivity contribution in [2.45, 2.75) is 44.9 Å². The summed E-state index contributed by atoms with van der Waals surface area (Å²) >= 11 is 0. The van der Waals surface area contributed by atoms with Crippen molar-refractivity contribution in [2.75, 3.05) is 29.9 Å². The minimum atomic E-state index is 0.112. The van der Waals surface area contributed by atoms with Crippen LogP contribution in [0.25, 0.3) is 0 Å². The summed E-state index contributed by atoms with van der Waals surface area (Å²) in [7, 11) is 0. The quantitative estimate of drug-likeness (QED) is 0.723. The van der Waals surface area contributed by atoms with Crippen LogP contribution >= 0.6 is 0 Å². The molecule has 4 nitrogen and oxygen atoms in total. The third-order valence-corrected chi connectivity index (χ3v) is 3.96. The zero-order valence-electron chi connectivity index (χ0n) is 12.8. The molecule has 1 aromatic carbocycles. The van der Waals surface area contributed by atoms with E-state index in [-0.39, 0.29) is 5.91 Å². The molecule has 1 aromatic rings. The average Bonchev–Trinajstić information content (AvgIpc) is 3.01. The molecule has 0 aliphatic carbocycles. The Morgan fingerprint density at radius 3 is 2.67 bits per heavy atom. The van der Waals surface area contributed by atoms with Crippen LogP contribution in [-0.2, 0) is 4.79 Å². The van der Waals surface area contributed by atoms with E-state index in [1.54, 1.807) is 0 Å². The predicted molar refractivity (Wildman–Crippen MR) is 88.7 cm³/mol. The lowest BCUT2D eigenvalue weighted by atomic mass is 10.1. The summed E-state index contributed by atoms with van der Waals surface area (Å²) in [5.74, 6) is 0.112. The Bertz CT molecular complexity index is 441. The number of nitrogens with zero attached hydrogens (tertiary/aromatic N) is 1. The van der Waals surface area contributed by atoms with Gasteiger partial charge in [-0.25, -0.2) is 0 Å². The average molecular weight is 289 g/mol. The third-order valence-electron chi connectivity index (χ3n) is 3.96. The Balaban J connectivity index is 1.76. The summed E-state index contributed by atoms with van der Waals surface area (Å²) in [4.78, 5) is 14.3.